The van der Waals surface area contributed by atoms with Crippen molar-refractivity contribution in [2.45, 2.75) is 6.42 Å². The van der Waals surface area contributed by atoms with E-state index in [0.29, 0.717) is 11.3 Å². The molecule has 0 radical (unpaired) electrons. The highest BCUT2D eigenvalue weighted by Crippen LogP contribution is 2.30. The van der Waals surface area contributed by atoms with Gasteiger partial charge in [0.1, 0.15) is 0 Å². The molecule has 1 aliphatic rings. The first-order valence-electron chi connectivity index (χ1n) is 5.21. The van der Waals surface area contributed by atoms with Crippen LogP contribution >= 0.6 is 15.9 Å². The number of fused-ring (bicyclic) bond motifs is 1. The number of imide groups is 1. The Labute approximate surface area is 112 Å². The molecule has 1 aromatic carbocycles. The van der Waals surface area contributed by atoms with E-state index in [-0.39, 0.29) is 23.6 Å². The number of rotatable bonds is 2. The molecule has 0 saturated carbocycles. The number of amides is 2. The molecule has 94 valence electrons. The van der Waals surface area contributed by atoms with Crippen LogP contribution in [0.4, 0.5) is 5.69 Å². The number of alkyl halides is 1. The van der Waals surface area contributed by atoms with Crippen LogP contribution in [0, 0.1) is 0 Å². The Morgan fingerprint density at radius 3 is 2.78 bits per heavy atom. The molecule has 0 aliphatic carbocycles. The summed E-state index contributed by atoms with van der Waals surface area (Å²) in [5.41, 5.74) is 1.52. The first-order chi connectivity index (χ1) is 8.58. The third kappa shape index (κ3) is 2.03. The van der Waals surface area contributed by atoms with Crippen molar-refractivity contribution < 1.29 is 19.1 Å². The number of carbonyl (C=O) groups is 3. The van der Waals surface area contributed by atoms with Crippen LogP contribution in [-0.2, 0) is 20.7 Å². The molecule has 0 spiro atoms. The monoisotopic (exact) mass is 311 g/mol. The number of esters is 1. The minimum Gasteiger partial charge on any atom is -0.465 e. The van der Waals surface area contributed by atoms with E-state index in [0.717, 1.165) is 10.5 Å². The van der Waals surface area contributed by atoms with Crippen molar-refractivity contribution in [3.63, 3.8) is 0 Å². The molecule has 0 bridgehead atoms. The quantitative estimate of drug-likeness (QED) is 0.610. The van der Waals surface area contributed by atoms with E-state index in [4.69, 9.17) is 0 Å². The molecule has 2 rings (SSSR count). The third-order valence-electron chi connectivity index (χ3n) is 2.70. The van der Waals surface area contributed by atoms with Crippen LogP contribution in [0.1, 0.15) is 15.9 Å². The Hall–Kier alpha value is -1.69. The summed E-state index contributed by atoms with van der Waals surface area (Å²) in [6.07, 6.45) is 0.176. The van der Waals surface area contributed by atoms with Crippen LogP contribution < -0.4 is 4.90 Å². The number of halogens is 1. The molecule has 1 aliphatic heterocycles. The molecule has 1 aromatic rings. The van der Waals surface area contributed by atoms with Crippen molar-refractivity contribution in [1.82, 2.24) is 0 Å². The topological polar surface area (TPSA) is 63.7 Å². The van der Waals surface area contributed by atoms with Crippen LogP contribution in [0.15, 0.2) is 18.2 Å². The Balaban J connectivity index is 2.46. The maximum atomic E-state index is 11.8. The number of methoxy groups -OCH3 is 1. The molecular weight excluding hydrogens is 302 g/mol. The number of carbonyl (C=O) groups excluding carboxylic acids is 3. The van der Waals surface area contributed by atoms with E-state index in [1.165, 1.54) is 13.2 Å². The zero-order chi connectivity index (χ0) is 13.3. The lowest BCUT2D eigenvalue weighted by atomic mass is 10.1. The zero-order valence-electron chi connectivity index (χ0n) is 9.60. The first kappa shape index (κ1) is 12.8. The van der Waals surface area contributed by atoms with E-state index >= 15 is 0 Å². The van der Waals surface area contributed by atoms with Crippen LogP contribution in [0.25, 0.3) is 0 Å². The zero-order valence-corrected chi connectivity index (χ0v) is 11.2. The summed E-state index contributed by atoms with van der Waals surface area (Å²) in [6.45, 7) is 0. The van der Waals surface area contributed by atoms with Gasteiger partial charge in [0.2, 0.25) is 11.8 Å². The predicted octanol–water partition coefficient (Wildman–Crippen LogP) is 1.28. The fraction of sp³-hybridized carbons (Fsp3) is 0.250. The minimum atomic E-state index is -0.497. The summed E-state index contributed by atoms with van der Waals surface area (Å²) in [5, 5.41) is 0.0562. The number of anilines is 1. The summed E-state index contributed by atoms with van der Waals surface area (Å²) < 4.78 is 4.61. The second-order valence-electron chi connectivity index (χ2n) is 3.77. The van der Waals surface area contributed by atoms with Crippen molar-refractivity contribution >= 4 is 39.4 Å². The van der Waals surface area contributed by atoms with Gasteiger partial charge < -0.3 is 4.74 Å². The molecule has 0 saturated heterocycles. The molecule has 0 atom stereocenters. The molecule has 18 heavy (non-hydrogen) atoms. The van der Waals surface area contributed by atoms with Gasteiger partial charge in [-0.25, -0.2) is 9.69 Å². The lowest BCUT2D eigenvalue weighted by Gasteiger charge is -2.14. The van der Waals surface area contributed by atoms with Gasteiger partial charge in [0.05, 0.1) is 30.1 Å². The minimum absolute atomic E-state index is 0.0562. The van der Waals surface area contributed by atoms with Gasteiger partial charge in [0, 0.05) is 0 Å². The van der Waals surface area contributed by atoms with Crippen molar-refractivity contribution in [3.8, 4) is 0 Å². The third-order valence-corrected chi connectivity index (χ3v) is 3.18. The van der Waals surface area contributed by atoms with Crippen LogP contribution in [-0.4, -0.2) is 30.2 Å². The summed E-state index contributed by atoms with van der Waals surface area (Å²) >= 11 is 3.03. The molecule has 0 aromatic heterocycles. The predicted molar refractivity (Wildman–Crippen MR) is 67.8 cm³/mol. The summed E-state index contributed by atoms with van der Waals surface area (Å²) in [4.78, 5) is 35.9. The van der Waals surface area contributed by atoms with Gasteiger partial charge in [0.15, 0.2) is 0 Å². The van der Waals surface area contributed by atoms with Crippen molar-refractivity contribution in [2.75, 3.05) is 17.3 Å². The van der Waals surface area contributed by atoms with Crippen LogP contribution in [0.3, 0.4) is 0 Å². The van der Waals surface area contributed by atoms with Gasteiger partial charge in [-0.15, -0.1) is 0 Å². The number of benzene rings is 1. The standard InChI is InChI=1S/C12H10BrNO4/c1-18-12(17)8-3-2-7-5-10(15)14(9(7)4-8)11(16)6-13/h2-4H,5-6H2,1H3. The maximum absolute atomic E-state index is 11.8. The molecule has 5 nitrogen and oxygen atoms in total. The first-order valence-corrected chi connectivity index (χ1v) is 6.33. The molecule has 0 N–H and O–H groups in total. The average molecular weight is 312 g/mol. The molecular formula is C12H10BrNO4. The fourth-order valence-electron chi connectivity index (χ4n) is 1.88. The number of nitrogens with zero attached hydrogens (tertiary/aromatic N) is 1. The van der Waals surface area contributed by atoms with Crippen molar-refractivity contribution in [1.29, 1.82) is 0 Å². The van der Waals surface area contributed by atoms with Crippen LogP contribution in [0.2, 0.25) is 0 Å². The van der Waals surface area contributed by atoms with Crippen LogP contribution in [0.5, 0.6) is 0 Å². The van der Waals surface area contributed by atoms with Gasteiger partial charge in [-0.05, 0) is 17.7 Å². The average Bonchev–Trinajstić information content (AvgIpc) is 2.71. The van der Waals surface area contributed by atoms with E-state index in [1.54, 1.807) is 12.1 Å². The maximum Gasteiger partial charge on any atom is 0.337 e. The van der Waals surface area contributed by atoms with E-state index in [9.17, 15) is 14.4 Å². The molecule has 0 unspecified atom stereocenters. The summed E-state index contributed by atoms with van der Waals surface area (Å²) in [6, 6.07) is 4.76. The largest absolute Gasteiger partial charge is 0.465 e. The lowest BCUT2D eigenvalue weighted by molar-refractivity contribution is -0.124. The van der Waals surface area contributed by atoms with Gasteiger partial charge in [-0.3, -0.25) is 9.59 Å². The van der Waals surface area contributed by atoms with Gasteiger partial charge >= 0.3 is 5.97 Å². The van der Waals surface area contributed by atoms with E-state index in [1.807, 2.05) is 0 Å². The summed E-state index contributed by atoms with van der Waals surface area (Å²) in [5.74, 6) is -1.12. The normalized spacial score (nSPS) is 13.4. The lowest BCUT2D eigenvalue weighted by Crippen LogP contribution is -2.34. The van der Waals surface area contributed by atoms with Crippen molar-refractivity contribution in [3.05, 3.63) is 29.3 Å². The highest BCUT2D eigenvalue weighted by atomic mass is 79.9. The second kappa shape index (κ2) is 4.89. The Morgan fingerprint density at radius 1 is 1.44 bits per heavy atom. The highest BCUT2D eigenvalue weighted by Gasteiger charge is 2.32. The SMILES string of the molecule is COC(=O)c1ccc2c(c1)N(C(=O)CBr)C(=O)C2. The number of ether oxygens (including phenoxy) is 1. The Kier molecular flexibility index (Phi) is 3.47. The molecule has 2 amide bonds. The number of hydrogen-bond donors (Lipinski definition) is 0. The summed E-state index contributed by atoms with van der Waals surface area (Å²) in [7, 11) is 1.28. The van der Waals surface area contributed by atoms with E-state index in [2.05, 4.69) is 20.7 Å². The molecule has 1 heterocycles. The Bertz CT molecular complexity index is 533. The molecule has 6 heteroatoms. The Morgan fingerprint density at radius 2 is 2.17 bits per heavy atom. The smallest absolute Gasteiger partial charge is 0.337 e. The van der Waals surface area contributed by atoms with Gasteiger partial charge in [0.25, 0.3) is 0 Å². The van der Waals surface area contributed by atoms with E-state index < -0.39 is 5.97 Å². The number of hydrogen-bond acceptors (Lipinski definition) is 4. The molecule has 0 fully saturated rings. The van der Waals surface area contributed by atoms with Gasteiger partial charge in [-0.2, -0.15) is 0 Å². The highest BCUT2D eigenvalue weighted by molar-refractivity contribution is 9.09. The van der Waals surface area contributed by atoms with Crippen molar-refractivity contribution in [2.24, 2.45) is 0 Å². The second-order valence-corrected chi connectivity index (χ2v) is 4.33. The fourth-order valence-corrected chi connectivity index (χ4v) is 2.13. The van der Waals surface area contributed by atoms with Gasteiger partial charge in [-0.1, -0.05) is 22.0 Å².